The Morgan fingerprint density at radius 1 is 1.11 bits per heavy atom. The predicted octanol–water partition coefficient (Wildman–Crippen LogP) is 3.09. The molecule has 0 saturated carbocycles. The number of anilines is 1. The second-order valence-electron chi connectivity index (χ2n) is 6.44. The number of fused-ring (bicyclic) bond motifs is 1. The first kappa shape index (κ1) is 17.3. The first-order valence-electron chi connectivity index (χ1n) is 8.97. The van der Waals surface area contributed by atoms with Crippen LogP contribution in [0.5, 0.6) is 17.2 Å². The summed E-state index contributed by atoms with van der Waals surface area (Å²) >= 11 is 0. The lowest BCUT2D eigenvalue weighted by Crippen LogP contribution is -2.41. The molecule has 0 N–H and O–H groups in total. The third kappa shape index (κ3) is 3.58. The highest BCUT2D eigenvalue weighted by Crippen LogP contribution is 2.35. The summed E-state index contributed by atoms with van der Waals surface area (Å²) in [5, 5.41) is 0.942. The van der Waals surface area contributed by atoms with Gasteiger partial charge in [0.05, 0.1) is 32.5 Å². The summed E-state index contributed by atoms with van der Waals surface area (Å²) in [5.74, 6) is 3.01. The average molecular weight is 366 g/mol. The van der Waals surface area contributed by atoms with Gasteiger partial charge < -0.3 is 19.1 Å². The highest BCUT2D eigenvalue weighted by Gasteiger charge is 2.24. The van der Waals surface area contributed by atoms with Gasteiger partial charge in [-0.15, -0.1) is 0 Å². The number of ether oxygens (including phenoxy) is 3. The van der Waals surface area contributed by atoms with Crippen LogP contribution in [0.2, 0.25) is 0 Å². The van der Waals surface area contributed by atoms with Crippen LogP contribution in [0.15, 0.2) is 43.0 Å². The van der Waals surface area contributed by atoms with Crippen molar-refractivity contribution in [3.05, 3.63) is 43.0 Å². The Balaban J connectivity index is 1.63. The molecule has 1 atom stereocenters. The molecule has 1 saturated heterocycles. The van der Waals surface area contributed by atoms with Gasteiger partial charge in [0.25, 0.3) is 0 Å². The number of pyridine rings is 1. The van der Waals surface area contributed by atoms with Crippen LogP contribution in [-0.2, 0) is 0 Å². The van der Waals surface area contributed by atoms with E-state index in [0.29, 0.717) is 11.5 Å². The van der Waals surface area contributed by atoms with Gasteiger partial charge in [-0.25, -0.2) is 9.97 Å². The third-order valence-corrected chi connectivity index (χ3v) is 4.73. The van der Waals surface area contributed by atoms with Gasteiger partial charge in [-0.3, -0.25) is 4.98 Å². The molecule has 7 nitrogen and oxygen atoms in total. The van der Waals surface area contributed by atoms with E-state index in [1.54, 1.807) is 32.9 Å². The summed E-state index contributed by atoms with van der Waals surface area (Å²) in [6.45, 7) is 1.68. The maximum Gasteiger partial charge on any atom is 0.162 e. The molecule has 0 bridgehead atoms. The largest absolute Gasteiger partial charge is 0.493 e. The molecule has 0 aliphatic carbocycles. The number of methoxy groups -OCH3 is 2. The summed E-state index contributed by atoms with van der Waals surface area (Å²) in [6.07, 6.45) is 7.21. The molecule has 7 heteroatoms. The van der Waals surface area contributed by atoms with Gasteiger partial charge in [-0.2, -0.15) is 0 Å². The number of piperidine rings is 1. The number of aromatic nitrogens is 3. The van der Waals surface area contributed by atoms with Crippen molar-refractivity contribution in [1.82, 2.24) is 15.0 Å². The molecular weight excluding hydrogens is 344 g/mol. The van der Waals surface area contributed by atoms with Crippen LogP contribution >= 0.6 is 0 Å². The van der Waals surface area contributed by atoms with E-state index in [2.05, 4.69) is 19.9 Å². The van der Waals surface area contributed by atoms with Crippen LogP contribution in [0, 0.1) is 0 Å². The van der Waals surface area contributed by atoms with Crippen LogP contribution < -0.4 is 19.1 Å². The summed E-state index contributed by atoms with van der Waals surface area (Å²) in [6, 6.07) is 7.64. The fourth-order valence-electron chi connectivity index (χ4n) is 3.46. The molecule has 3 heterocycles. The zero-order valence-corrected chi connectivity index (χ0v) is 15.5. The van der Waals surface area contributed by atoms with E-state index in [0.717, 1.165) is 48.4 Å². The maximum atomic E-state index is 6.11. The van der Waals surface area contributed by atoms with Crippen LogP contribution in [0.4, 0.5) is 5.82 Å². The van der Waals surface area contributed by atoms with Crippen molar-refractivity contribution in [3.8, 4) is 17.2 Å². The monoisotopic (exact) mass is 366 g/mol. The first-order valence-corrected chi connectivity index (χ1v) is 8.97. The highest BCUT2D eigenvalue weighted by atomic mass is 16.5. The summed E-state index contributed by atoms with van der Waals surface area (Å²) in [4.78, 5) is 15.3. The molecule has 0 radical (unpaired) electrons. The third-order valence-electron chi connectivity index (χ3n) is 4.73. The molecule has 0 amide bonds. The van der Waals surface area contributed by atoms with Crippen molar-refractivity contribution in [2.45, 2.75) is 18.9 Å². The van der Waals surface area contributed by atoms with Gasteiger partial charge in [-0.05, 0) is 31.0 Å². The minimum Gasteiger partial charge on any atom is -0.493 e. The number of hydrogen-bond acceptors (Lipinski definition) is 7. The van der Waals surface area contributed by atoms with Gasteiger partial charge in [-0.1, -0.05) is 0 Å². The quantitative estimate of drug-likeness (QED) is 0.687. The van der Waals surface area contributed by atoms with Crippen LogP contribution in [0.3, 0.4) is 0 Å². The fourth-order valence-corrected chi connectivity index (χ4v) is 3.46. The van der Waals surface area contributed by atoms with Crippen LogP contribution in [-0.4, -0.2) is 48.4 Å². The molecule has 3 aromatic rings. The van der Waals surface area contributed by atoms with Crippen molar-refractivity contribution in [2.24, 2.45) is 0 Å². The van der Waals surface area contributed by atoms with Gasteiger partial charge in [0.15, 0.2) is 11.5 Å². The van der Waals surface area contributed by atoms with E-state index >= 15 is 0 Å². The molecule has 1 aromatic carbocycles. The Hall–Kier alpha value is -3.09. The van der Waals surface area contributed by atoms with Crippen LogP contribution in [0.1, 0.15) is 12.8 Å². The second-order valence-corrected chi connectivity index (χ2v) is 6.44. The zero-order valence-electron chi connectivity index (χ0n) is 15.5. The van der Waals surface area contributed by atoms with Crippen LogP contribution in [0.25, 0.3) is 10.9 Å². The Kier molecular flexibility index (Phi) is 4.91. The average Bonchev–Trinajstić information content (AvgIpc) is 2.73. The minimum absolute atomic E-state index is 0.0908. The minimum atomic E-state index is 0.0908. The van der Waals surface area contributed by atoms with E-state index in [1.807, 2.05) is 24.3 Å². The summed E-state index contributed by atoms with van der Waals surface area (Å²) in [5.41, 5.74) is 0.827. The van der Waals surface area contributed by atoms with E-state index in [4.69, 9.17) is 14.2 Å². The van der Waals surface area contributed by atoms with Crippen molar-refractivity contribution >= 4 is 16.7 Å². The van der Waals surface area contributed by atoms with Crippen molar-refractivity contribution in [3.63, 3.8) is 0 Å². The van der Waals surface area contributed by atoms with Crippen molar-refractivity contribution < 1.29 is 14.2 Å². The second kappa shape index (κ2) is 7.65. The molecule has 1 unspecified atom stereocenters. The Morgan fingerprint density at radius 3 is 2.74 bits per heavy atom. The smallest absolute Gasteiger partial charge is 0.162 e. The van der Waals surface area contributed by atoms with Gasteiger partial charge >= 0.3 is 0 Å². The highest BCUT2D eigenvalue weighted by molar-refractivity contribution is 5.92. The summed E-state index contributed by atoms with van der Waals surface area (Å²) < 4.78 is 17.0. The van der Waals surface area contributed by atoms with Crippen molar-refractivity contribution in [2.75, 3.05) is 32.2 Å². The SMILES string of the molecule is COc1cc2ncnc(N3CCCC(Oc4cccnc4)C3)c2cc1OC. The lowest BCUT2D eigenvalue weighted by molar-refractivity contribution is 0.178. The van der Waals surface area contributed by atoms with E-state index in [9.17, 15) is 0 Å². The van der Waals surface area contributed by atoms with Gasteiger partial charge in [0, 0.05) is 24.2 Å². The van der Waals surface area contributed by atoms with Crippen molar-refractivity contribution in [1.29, 1.82) is 0 Å². The summed E-state index contributed by atoms with van der Waals surface area (Å²) in [7, 11) is 3.25. The first-order chi connectivity index (χ1) is 13.3. The molecule has 140 valence electrons. The Labute approximate surface area is 157 Å². The number of hydrogen-bond donors (Lipinski definition) is 0. The Bertz CT molecular complexity index is 920. The topological polar surface area (TPSA) is 69.6 Å². The Morgan fingerprint density at radius 2 is 1.96 bits per heavy atom. The standard InChI is InChI=1S/C20H22N4O3/c1-25-18-9-16-17(10-19(18)26-2)22-13-23-20(16)24-8-4-6-15(12-24)27-14-5-3-7-21-11-14/h3,5,7,9-11,13,15H,4,6,8,12H2,1-2H3. The zero-order chi connectivity index (χ0) is 18.6. The molecule has 0 spiro atoms. The molecule has 4 rings (SSSR count). The molecule has 27 heavy (non-hydrogen) atoms. The fraction of sp³-hybridized carbons (Fsp3) is 0.350. The van der Waals surface area contributed by atoms with E-state index < -0.39 is 0 Å². The lowest BCUT2D eigenvalue weighted by Gasteiger charge is -2.34. The van der Waals surface area contributed by atoms with Gasteiger partial charge in [0.1, 0.15) is 24.0 Å². The number of rotatable bonds is 5. The molecule has 1 fully saturated rings. The normalized spacial score (nSPS) is 17.0. The lowest BCUT2D eigenvalue weighted by atomic mass is 10.1. The molecule has 2 aromatic heterocycles. The number of nitrogens with zero attached hydrogens (tertiary/aromatic N) is 4. The van der Waals surface area contributed by atoms with Gasteiger partial charge in [0.2, 0.25) is 0 Å². The molecular formula is C20H22N4O3. The predicted molar refractivity (Wildman–Crippen MR) is 103 cm³/mol. The maximum absolute atomic E-state index is 6.11. The number of benzene rings is 1. The van der Waals surface area contributed by atoms with E-state index in [-0.39, 0.29) is 6.10 Å². The molecule has 1 aliphatic rings. The van der Waals surface area contributed by atoms with E-state index in [1.165, 1.54) is 0 Å². The molecule has 1 aliphatic heterocycles.